The monoisotopic (exact) mass is 768 g/mol. The summed E-state index contributed by atoms with van der Waals surface area (Å²) in [5, 5.41) is 7.09. The van der Waals surface area contributed by atoms with Crippen LogP contribution >= 0.6 is 23.1 Å². The first-order valence-corrected chi connectivity index (χ1v) is 19.6. The van der Waals surface area contributed by atoms with Crippen molar-refractivity contribution in [3.05, 3.63) is 59.1 Å². The molecule has 4 aromatic rings. The fourth-order valence-electron chi connectivity index (χ4n) is 6.74. The standard InChI is InChI=1S/C34H40BrF2N10O2P/c1-39-18-21(17-38)22-15-26(28(49-2)16-27(22)47-14-9-29(34(36,37)20-47)46-12-5-6-13-46)44-33-42-19-23(35)32(45-33)43-25-8-7-24-30(41-11-10-40-24)31(25)50(3,4)48/h7-8,10-11,15-19,29H,5-6,9,12-14,20,38H2,1-4H3,(H2,42,43,44,45). The van der Waals surface area contributed by atoms with Crippen molar-refractivity contribution in [2.75, 3.05) is 69.2 Å². The molecule has 2 saturated heterocycles. The fourth-order valence-corrected chi connectivity index (χ4v) is 8.42. The van der Waals surface area contributed by atoms with E-state index in [9.17, 15) is 4.57 Å². The van der Waals surface area contributed by atoms with Crippen LogP contribution in [0.5, 0.6) is 5.75 Å². The average molecular weight is 770 g/mol. The lowest BCUT2D eigenvalue weighted by molar-refractivity contribution is -0.0822. The molecule has 2 aromatic carbocycles. The number of alkyl halides is 2. The van der Waals surface area contributed by atoms with Crippen molar-refractivity contribution < 1.29 is 18.1 Å². The van der Waals surface area contributed by atoms with Crippen LogP contribution in [-0.4, -0.2) is 96.7 Å². The molecule has 0 spiro atoms. The SMILES string of the molecule is CN=CC(=CN)c1cc(Nc2ncc(Br)c(Nc3ccc4nccnc4c3P(C)(C)=O)n2)c(OC)cc1N1CCC(N2CCCC2)C(F)(F)C1. The Hall–Kier alpha value is -4.20. The molecular formula is C34H40BrF2N10O2P. The van der Waals surface area contributed by atoms with Gasteiger partial charge in [-0.3, -0.25) is 19.9 Å². The van der Waals surface area contributed by atoms with Crippen LogP contribution in [0.1, 0.15) is 24.8 Å². The van der Waals surface area contributed by atoms with E-state index in [0.29, 0.717) is 86.6 Å². The van der Waals surface area contributed by atoms with E-state index in [4.69, 9.17) is 15.5 Å². The number of benzene rings is 2. The lowest BCUT2D eigenvalue weighted by Gasteiger charge is -2.43. The highest BCUT2D eigenvalue weighted by Crippen LogP contribution is 2.43. The van der Waals surface area contributed by atoms with Crippen molar-refractivity contribution in [2.24, 2.45) is 10.7 Å². The minimum atomic E-state index is -2.91. The summed E-state index contributed by atoms with van der Waals surface area (Å²) < 4.78 is 51.3. The number of nitrogens with two attached hydrogens (primary N) is 1. The largest absolute Gasteiger partial charge is 0.494 e. The number of likely N-dealkylation sites (tertiary alicyclic amines) is 1. The number of halogens is 3. The average Bonchev–Trinajstić information content (AvgIpc) is 3.62. The quantitative estimate of drug-likeness (QED) is 0.125. The van der Waals surface area contributed by atoms with E-state index in [0.717, 1.165) is 12.8 Å². The molecule has 0 aliphatic carbocycles. The number of aliphatic imine (C=N–C) groups is 1. The van der Waals surface area contributed by atoms with Crippen LogP contribution < -0.4 is 31.3 Å². The smallest absolute Gasteiger partial charge is 0.280 e. The first-order valence-electron chi connectivity index (χ1n) is 16.2. The third-order valence-electron chi connectivity index (χ3n) is 8.96. The first kappa shape index (κ1) is 35.6. The number of piperidine rings is 1. The van der Waals surface area contributed by atoms with E-state index in [1.807, 2.05) is 4.90 Å². The van der Waals surface area contributed by atoms with E-state index in [-0.39, 0.29) is 5.95 Å². The van der Waals surface area contributed by atoms with Gasteiger partial charge < -0.3 is 30.6 Å². The van der Waals surface area contributed by atoms with E-state index in [2.05, 4.69) is 46.5 Å². The number of aromatic nitrogens is 4. The second kappa shape index (κ2) is 14.6. The summed E-state index contributed by atoms with van der Waals surface area (Å²) in [6.45, 7) is 4.78. The Bertz CT molecular complexity index is 2000. The highest BCUT2D eigenvalue weighted by atomic mass is 79.9. The molecule has 2 fully saturated rings. The maximum absolute atomic E-state index is 15.7. The molecule has 2 aromatic heterocycles. The van der Waals surface area contributed by atoms with Gasteiger partial charge in [-0.2, -0.15) is 4.98 Å². The Labute approximate surface area is 298 Å². The summed E-state index contributed by atoms with van der Waals surface area (Å²) >= 11 is 3.53. The van der Waals surface area contributed by atoms with Crippen LogP contribution in [-0.2, 0) is 4.57 Å². The molecule has 2 aliphatic heterocycles. The second-order valence-electron chi connectivity index (χ2n) is 12.7. The molecule has 50 heavy (non-hydrogen) atoms. The molecule has 1 unspecified atom stereocenters. The molecule has 0 saturated carbocycles. The lowest BCUT2D eigenvalue weighted by Crippen LogP contribution is -2.58. The van der Waals surface area contributed by atoms with Crippen molar-refractivity contribution in [3.63, 3.8) is 0 Å². The number of rotatable bonds is 10. The molecule has 2 aliphatic rings. The van der Waals surface area contributed by atoms with Gasteiger partial charge in [0.25, 0.3) is 5.92 Å². The highest BCUT2D eigenvalue weighted by Gasteiger charge is 2.48. The topological polar surface area (TPSA) is 147 Å². The minimum absolute atomic E-state index is 0.214. The number of nitrogens with one attached hydrogen (secondary N) is 2. The molecule has 4 heterocycles. The molecular weight excluding hydrogens is 729 g/mol. The van der Waals surface area contributed by atoms with Crippen molar-refractivity contribution in [1.82, 2.24) is 24.8 Å². The van der Waals surface area contributed by atoms with Gasteiger partial charge in [-0.05, 0) is 79.8 Å². The number of nitrogens with zero attached hydrogens (tertiary/aromatic N) is 7. The number of fused-ring (bicyclic) bond motifs is 1. The molecule has 12 nitrogen and oxygen atoms in total. The summed E-state index contributed by atoms with van der Waals surface area (Å²) in [7, 11) is 0.309. The van der Waals surface area contributed by atoms with Crippen LogP contribution in [0, 0.1) is 0 Å². The molecule has 0 bridgehead atoms. The lowest BCUT2D eigenvalue weighted by atomic mass is 9.96. The van der Waals surface area contributed by atoms with Crippen LogP contribution in [0.3, 0.4) is 0 Å². The van der Waals surface area contributed by atoms with Crippen molar-refractivity contribution >= 4 is 80.0 Å². The molecule has 4 N–H and O–H groups in total. The molecule has 264 valence electrons. The summed E-state index contributed by atoms with van der Waals surface area (Å²) in [6.07, 6.45) is 9.97. The summed E-state index contributed by atoms with van der Waals surface area (Å²) in [5.41, 5.74) is 9.99. The van der Waals surface area contributed by atoms with E-state index < -0.39 is 25.7 Å². The fraction of sp³-hybridized carbons (Fsp3) is 0.382. The van der Waals surface area contributed by atoms with Gasteiger partial charge in [-0.1, -0.05) is 0 Å². The van der Waals surface area contributed by atoms with Gasteiger partial charge in [0.15, 0.2) is 0 Å². The van der Waals surface area contributed by atoms with Gasteiger partial charge in [0.1, 0.15) is 24.2 Å². The predicted molar refractivity (Wildman–Crippen MR) is 201 cm³/mol. The van der Waals surface area contributed by atoms with Crippen molar-refractivity contribution in [3.8, 4) is 5.75 Å². The number of hydrogen-bond donors (Lipinski definition) is 3. The van der Waals surface area contributed by atoms with Gasteiger partial charge in [0.05, 0.1) is 46.4 Å². The maximum Gasteiger partial charge on any atom is 0.280 e. The van der Waals surface area contributed by atoms with Crippen LogP contribution in [0.25, 0.3) is 16.6 Å². The van der Waals surface area contributed by atoms with Crippen molar-refractivity contribution in [1.29, 1.82) is 0 Å². The number of anilines is 5. The zero-order valence-corrected chi connectivity index (χ0v) is 30.8. The summed E-state index contributed by atoms with van der Waals surface area (Å²) in [6, 6.07) is 6.33. The predicted octanol–water partition coefficient (Wildman–Crippen LogP) is 6.24. The third kappa shape index (κ3) is 7.31. The number of allylic oxidation sites excluding steroid dienone is 1. The Morgan fingerprint density at radius 1 is 1.12 bits per heavy atom. The van der Waals surface area contributed by atoms with Gasteiger partial charge >= 0.3 is 0 Å². The van der Waals surface area contributed by atoms with Gasteiger partial charge in [-0.15, -0.1) is 0 Å². The van der Waals surface area contributed by atoms with Crippen LogP contribution in [0.15, 0.2) is 58.5 Å². The zero-order valence-electron chi connectivity index (χ0n) is 28.3. The Morgan fingerprint density at radius 3 is 2.56 bits per heavy atom. The maximum atomic E-state index is 15.7. The molecule has 0 radical (unpaired) electrons. The second-order valence-corrected chi connectivity index (χ2v) is 16.7. The van der Waals surface area contributed by atoms with E-state index in [1.54, 1.807) is 74.3 Å². The number of ether oxygens (including phenoxy) is 1. The summed E-state index contributed by atoms with van der Waals surface area (Å²) in [4.78, 5) is 25.8. The zero-order chi connectivity index (χ0) is 35.6. The molecule has 1 atom stereocenters. The summed E-state index contributed by atoms with van der Waals surface area (Å²) in [5.74, 6) is -1.90. The van der Waals surface area contributed by atoms with E-state index >= 15 is 8.78 Å². The minimum Gasteiger partial charge on any atom is -0.494 e. The van der Waals surface area contributed by atoms with E-state index in [1.165, 1.54) is 13.3 Å². The van der Waals surface area contributed by atoms with Gasteiger partial charge in [0, 0.05) is 67.5 Å². The van der Waals surface area contributed by atoms with Crippen molar-refractivity contribution in [2.45, 2.75) is 31.2 Å². The number of methoxy groups -OCH3 is 1. The molecule has 16 heteroatoms. The van der Waals surface area contributed by atoms with Crippen LogP contribution in [0.2, 0.25) is 0 Å². The molecule has 0 amide bonds. The molecule has 6 rings (SSSR count). The number of hydrogen-bond acceptors (Lipinski definition) is 12. The Kier molecular flexibility index (Phi) is 10.4. The van der Waals surface area contributed by atoms with Gasteiger partial charge in [0.2, 0.25) is 5.95 Å². The van der Waals surface area contributed by atoms with Crippen LogP contribution in [0.4, 0.5) is 37.6 Å². The third-order valence-corrected chi connectivity index (χ3v) is 11.1. The van der Waals surface area contributed by atoms with Gasteiger partial charge in [-0.25, -0.2) is 13.8 Å². The normalized spacial score (nSPS) is 18.6. The Balaban J connectivity index is 1.35. The Morgan fingerprint density at radius 2 is 1.88 bits per heavy atom. The first-order chi connectivity index (χ1) is 23.9. The highest BCUT2D eigenvalue weighted by molar-refractivity contribution is 9.10.